The van der Waals surface area contributed by atoms with Crippen LogP contribution in [-0.2, 0) is 16.9 Å². The van der Waals surface area contributed by atoms with E-state index in [1.54, 1.807) is 11.3 Å². The third-order valence-corrected chi connectivity index (χ3v) is 4.41. The third-order valence-electron chi connectivity index (χ3n) is 3.33. The summed E-state index contributed by atoms with van der Waals surface area (Å²) in [4.78, 5) is 4.75. The Balaban J connectivity index is 2.10. The molecule has 0 saturated heterocycles. The van der Waals surface area contributed by atoms with Gasteiger partial charge in [0.25, 0.3) is 0 Å². The van der Waals surface area contributed by atoms with Crippen LogP contribution in [-0.4, -0.2) is 18.1 Å². The van der Waals surface area contributed by atoms with E-state index in [1.807, 2.05) is 0 Å². The predicted molar refractivity (Wildman–Crippen MR) is 71.3 cm³/mol. The highest BCUT2D eigenvalue weighted by molar-refractivity contribution is 7.09. The molecule has 0 radical (unpaired) electrons. The van der Waals surface area contributed by atoms with Crippen LogP contribution in [0.2, 0.25) is 0 Å². The van der Waals surface area contributed by atoms with Crippen molar-refractivity contribution in [2.75, 3.05) is 13.2 Å². The fourth-order valence-electron chi connectivity index (χ4n) is 2.49. The maximum absolute atomic E-state index is 6.02. The van der Waals surface area contributed by atoms with Crippen LogP contribution in [0, 0.1) is 0 Å². The average Bonchev–Trinajstić information content (AvgIpc) is 2.96. The zero-order chi connectivity index (χ0) is 12.1. The number of aromatic nitrogens is 1. The molecule has 3 nitrogen and oxygen atoms in total. The van der Waals surface area contributed by atoms with Crippen molar-refractivity contribution in [3.8, 4) is 0 Å². The number of rotatable bonds is 6. The molecule has 1 aliphatic carbocycles. The molecule has 0 aromatic carbocycles. The fraction of sp³-hybridized carbons (Fsp3) is 0.769. The summed E-state index contributed by atoms with van der Waals surface area (Å²) in [6.07, 6.45) is 4.80. The molecular weight excluding hydrogens is 232 g/mol. The van der Waals surface area contributed by atoms with E-state index >= 15 is 0 Å². The number of hydrogen-bond donors (Lipinski definition) is 1. The van der Waals surface area contributed by atoms with Crippen molar-refractivity contribution >= 4 is 11.3 Å². The molecule has 1 aromatic heterocycles. The van der Waals surface area contributed by atoms with E-state index < -0.39 is 0 Å². The van der Waals surface area contributed by atoms with Crippen molar-refractivity contribution < 1.29 is 4.74 Å². The summed E-state index contributed by atoms with van der Waals surface area (Å²) in [6.45, 7) is 6.83. The lowest BCUT2D eigenvalue weighted by molar-refractivity contribution is -0.0392. The van der Waals surface area contributed by atoms with Gasteiger partial charge in [0.15, 0.2) is 0 Å². The van der Waals surface area contributed by atoms with E-state index in [4.69, 9.17) is 9.72 Å². The highest BCUT2D eigenvalue weighted by Gasteiger charge is 2.38. The molecule has 1 saturated carbocycles. The predicted octanol–water partition coefficient (Wildman–Crippen LogP) is 3.06. The fourth-order valence-corrected chi connectivity index (χ4v) is 3.52. The molecule has 1 aliphatic rings. The van der Waals surface area contributed by atoms with Gasteiger partial charge in [0, 0.05) is 18.5 Å². The van der Waals surface area contributed by atoms with Crippen molar-refractivity contribution in [2.45, 2.75) is 51.7 Å². The van der Waals surface area contributed by atoms with Gasteiger partial charge in [-0.25, -0.2) is 4.98 Å². The molecule has 17 heavy (non-hydrogen) atoms. The topological polar surface area (TPSA) is 34.1 Å². The first-order valence-electron chi connectivity index (χ1n) is 6.60. The van der Waals surface area contributed by atoms with Gasteiger partial charge in [0.05, 0.1) is 5.69 Å². The maximum atomic E-state index is 6.02. The largest absolute Gasteiger partial charge is 0.368 e. The van der Waals surface area contributed by atoms with E-state index in [0.29, 0.717) is 0 Å². The molecule has 0 spiro atoms. The first-order chi connectivity index (χ1) is 8.30. The first kappa shape index (κ1) is 13.0. The lowest BCUT2D eigenvalue weighted by Crippen LogP contribution is -2.26. The van der Waals surface area contributed by atoms with Gasteiger partial charge in [-0.3, -0.25) is 0 Å². The maximum Gasteiger partial charge on any atom is 0.125 e. The zero-order valence-electron chi connectivity index (χ0n) is 10.8. The molecule has 4 heteroatoms. The molecule has 0 aliphatic heterocycles. The lowest BCUT2D eigenvalue weighted by atomic mass is 10.0. The minimum atomic E-state index is -0.0656. The van der Waals surface area contributed by atoms with E-state index in [0.717, 1.165) is 38.2 Å². The highest BCUT2D eigenvalue weighted by Crippen LogP contribution is 2.43. The molecule has 1 N–H and O–H groups in total. The average molecular weight is 254 g/mol. The highest BCUT2D eigenvalue weighted by atomic mass is 32.1. The van der Waals surface area contributed by atoms with Gasteiger partial charge < -0.3 is 10.1 Å². The third kappa shape index (κ3) is 2.87. The minimum Gasteiger partial charge on any atom is -0.368 e. The molecule has 1 aromatic rings. The van der Waals surface area contributed by atoms with Gasteiger partial charge >= 0.3 is 0 Å². The van der Waals surface area contributed by atoms with Gasteiger partial charge in [0.1, 0.15) is 10.6 Å². The number of nitrogens with zero attached hydrogens (tertiary/aromatic N) is 1. The summed E-state index contributed by atoms with van der Waals surface area (Å²) in [5.41, 5.74) is 1.09. The number of ether oxygens (including phenoxy) is 1. The second-order valence-corrected chi connectivity index (χ2v) is 5.42. The van der Waals surface area contributed by atoms with Crippen LogP contribution < -0.4 is 5.32 Å². The van der Waals surface area contributed by atoms with Crippen LogP contribution in [0.1, 0.15) is 50.2 Å². The zero-order valence-corrected chi connectivity index (χ0v) is 11.6. The smallest absolute Gasteiger partial charge is 0.125 e. The SMILES string of the molecule is CCNCc1csc(C2(OCC)CCCC2)n1. The number of hydrogen-bond acceptors (Lipinski definition) is 4. The van der Waals surface area contributed by atoms with Crippen molar-refractivity contribution in [1.82, 2.24) is 10.3 Å². The van der Waals surface area contributed by atoms with Crippen molar-refractivity contribution in [2.24, 2.45) is 0 Å². The summed E-state index contributed by atoms with van der Waals surface area (Å²) >= 11 is 1.76. The lowest BCUT2D eigenvalue weighted by Gasteiger charge is -2.26. The summed E-state index contributed by atoms with van der Waals surface area (Å²) in [7, 11) is 0. The molecule has 1 fully saturated rings. The molecule has 0 bridgehead atoms. The Morgan fingerprint density at radius 3 is 2.82 bits per heavy atom. The number of thiazole rings is 1. The first-order valence-corrected chi connectivity index (χ1v) is 7.48. The molecule has 1 heterocycles. The summed E-state index contributed by atoms with van der Waals surface area (Å²) < 4.78 is 6.02. The van der Waals surface area contributed by atoms with Gasteiger partial charge in [-0.1, -0.05) is 19.8 Å². The second-order valence-electron chi connectivity index (χ2n) is 4.56. The Bertz CT molecular complexity index is 345. The molecule has 2 rings (SSSR count). The van der Waals surface area contributed by atoms with E-state index in [9.17, 15) is 0 Å². The van der Waals surface area contributed by atoms with Crippen LogP contribution in [0.5, 0.6) is 0 Å². The van der Waals surface area contributed by atoms with E-state index in [-0.39, 0.29) is 5.60 Å². The normalized spacial score (nSPS) is 18.7. The van der Waals surface area contributed by atoms with Gasteiger partial charge in [-0.05, 0) is 26.3 Å². The van der Waals surface area contributed by atoms with E-state index in [2.05, 4.69) is 24.5 Å². The van der Waals surface area contributed by atoms with Crippen LogP contribution >= 0.6 is 11.3 Å². The summed E-state index contributed by atoms with van der Waals surface area (Å²) in [6, 6.07) is 0. The second kappa shape index (κ2) is 5.94. The van der Waals surface area contributed by atoms with Crippen molar-refractivity contribution in [3.05, 3.63) is 16.1 Å². The van der Waals surface area contributed by atoms with Crippen LogP contribution in [0.15, 0.2) is 5.38 Å². The van der Waals surface area contributed by atoms with Gasteiger partial charge in [0.2, 0.25) is 0 Å². The van der Waals surface area contributed by atoms with Gasteiger partial charge in [-0.2, -0.15) is 0 Å². The van der Waals surface area contributed by atoms with Crippen molar-refractivity contribution in [3.63, 3.8) is 0 Å². The monoisotopic (exact) mass is 254 g/mol. The quantitative estimate of drug-likeness (QED) is 0.847. The van der Waals surface area contributed by atoms with Crippen LogP contribution in [0.4, 0.5) is 0 Å². The Morgan fingerprint density at radius 2 is 2.18 bits per heavy atom. The summed E-state index contributed by atoms with van der Waals surface area (Å²) in [5.74, 6) is 0. The number of nitrogens with one attached hydrogen (secondary N) is 1. The van der Waals surface area contributed by atoms with Crippen LogP contribution in [0.25, 0.3) is 0 Å². The summed E-state index contributed by atoms with van der Waals surface area (Å²) in [5, 5.41) is 6.67. The van der Waals surface area contributed by atoms with Gasteiger partial charge in [-0.15, -0.1) is 11.3 Å². The standard InChI is InChI=1S/C13H22N2OS/c1-3-14-9-11-10-17-12(15-11)13(16-4-2)7-5-6-8-13/h10,14H,3-9H2,1-2H3. The van der Waals surface area contributed by atoms with Crippen molar-refractivity contribution in [1.29, 1.82) is 0 Å². The minimum absolute atomic E-state index is 0.0656. The Kier molecular flexibility index (Phi) is 4.54. The molecule has 0 unspecified atom stereocenters. The molecule has 0 atom stereocenters. The molecule has 96 valence electrons. The Hall–Kier alpha value is -0.450. The molecular formula is C13H22N2OS. The Labute approximate surface area is 108 Å². The van der Waals surface area contributed by atoms with E-state index in [1.165, 1.54) is 17.8 Å². The molecule has 0 amide bonds. The Morgan fingerprint density at radius 1 is 1.41 bits per heavy atom. The van der Waals surface area contributed by atoms with Crippen LogP contribution in [0.3, 0.4) is 0 Å².